The van der Waals surface area contributed by atoms with Gasteiger partial charge in [-0.25, -0.2) is 0 Å². The fraction of sp³-hybridized carbons (Fsp3) is 1.00. The number of rotatable bonds is 2. The maximum atomic E-state index is 6.33. The lowest BCUT2D eigenvalue weighted by molar-refractivity contribution is -0.0562. The molecule has 0 aromatic carbocycles. The van der Waals surface area contributed by atoms with Gasteiger partial charge in [0.05, 0.1) is 12.2 Å². The second kappa shape index (κ2) is 6.75. The summed E-state index contributed by atoms with van der Waals surface area (Å²) in [6.07, 6.45) is 13.7. The Balaban J connectivity index is 1.81. The van der Waals surface area contributed by atoms with Gasteiger partial charge in [-0.1, -0.05) is 45.4 Å². The molecule has 0 radical (unpaired) electrons. The molecule has 2 aliphatic carbocycles. The minimum Gasteiger partial charge on any atom is -0.373 e. The van der Waals surface area contributed by atoms with Crippen LogP contribution < -0.4 is 5.73 Å². The summed E-state index contributed by atoms with van der Waals surface area (Å²) in [5, 5.41) is 0. The Hall–Kier alpha value is -0.0800. The highest BCUT2D eigenvalue weighted by Crippen LogP contribution is 2.29. The van der Waals surface area contributed by atoms with E-state index in [9.17, 15) is 0 Å². The van der Waals surface area contributed by atoms with Crippen molar-refractivity contribution < 1.29 is 4.74 Å². The first-order chi connectivity index (χ1) is 8.25. The predicted octanol–water partition coefficient (Wildman–Crippen LogP) is 3.63. The molecule has 4 unspecified atom stereocenters. The van der Waals surface area contributed by atoms with E-state index in [1.807, 2.05) is 0 Å². The van der Waals surface area contributed by atoms with Gasteiger partial charge in [0.15, 0.2) is 0 Å². The van der Waals surface area contributed by atoms with Gasteiger partial charge in [0.2, 0.25) is 0 Å². The van der Waals surface area contributed by atoms with Gasteiger partial charge in [-0.2, -0.15) is 0 Å². The van der Waals surface area contributed by atoms with E-state index in [-0.39, 0.29) is 6.04 Å². The van der Waals surface area contributed by atoms with Crippen molar-refractivity contribution in [3.05, 3.63) is 0 Å². The smallest absolute Gasteiger partial charge is 0.0729 e. The fourth-order valence-electron chi connectivity index (χ4n) is 3.40. The molecule has 2 N–H and O–H groups in total. The van der Waals surface area contributed by atoms with Crippen LogP contribution in [0.25, 0.3) is 0 Å². The summed E-state index contributed by atoms with van der Waals surface area (Å²) in [7, 11) is 0. The van der Waals surface area contributed by atoms with Crippen LogP contribution in [0, 0.1) is 5.92 Å². The van der Waals surface area contributed by atoms with Crippen LogP contribution >= 0.6 is 0 Å². The first-order valence-corrected chi connectivity index (χ1v) is 7.66. The van der Waals surface area contributed by atoms with Gasteiger partial charge >= 0.3 is 0 Å². The SMILES string of the molecule is CC1CCCC(OC2CCCCCCC2N)C1. The van der Waals surface area contributed by atoms with Crippen LogP contribution in [0.1, 0.15) is 71.1 Å². The Labute approximate surface area is 106 Å². The average Bonchev–Trinajstić information content (AvgIpc) is 2.29. The first kappa shape index (κ1) is 13.4. The van der Waals surface area contributed by atoms with Gasteiger partial charge in [0.25, 0.3) is 0 Å². The molecule has 0 aliphatic heterocycles. The summed E-state index contributed by atoms with van der Waals surface area (Å²) in [5.41, 5.74) is 6.28. The van der Waals surface area contributed by atoms with Crippen molar-refractivity contribution in [2.24, 2.45) is 11.7 Å². The van der Waals surface area contributed by atoms with Crippen LogP contribution in [0.3, 0.4) is 0 Å². The number of hydrogen-bond acceptors (Lipinski definition) is 2. The highest BCUT2D eigenvalue weighted by molar-refractivity contribution is 4.79. The zero-order valence-electron chi connectivity index (χ0n) is 11.4. The molecule has 17 heavy (non-hydrogen) atoms. The molecule has 2 nitrogen and oxygen atoms in total. The van der Waals surface area contributed by atoms with Crippen LogP contribution in [0.15, 0.2) is 0 Å². The molecule has 0 aromatic rings. The normalized spacial score (nSPS) is 40.6. The molecule has 0 bridgehead atoms. The lowest BCUT2D eigenvalue weighted by atomic mass is 9.88. The maximum Gasteiger partial charge on any atom is 0.0729 e. The zero-order chi connectivity index (χ0) is 12.1. The molecule has 100 valence electrons. The highest BCUT2D eigenvalue weighted by atomic mass is 16.5. The average molecular weight is 239 g/mol. The summed E-state index contributed by atoms with van der Waals surface area (Å²) in [6.45, 7) is 2.35. The van der Waals surface area contributed by atoms with Gasteiger partial charge in [-0.3, -0.25) is 0 Å². The first-order valence-electron chi connectivity index (χ1n) is 7.66. The number of nitrogens with two attached hydrogens (primary N) is 1. The molecule has 2 saturated carbocycles. The summed E-state index contributed by atoms with van der Waals surface area (Å²) in [5.74, 6) is 0.846. The molecule has 4 atom stereocenters. The third-order valence-corrected chi connectivity index (χ3v) is 4.51. The molecule has 0 amide bonds. The maximum absolute atomic E-state index is 6.33. The van der Waals surface area contributed by atoms with Crippen LogP contribution in [0.2, 0.25) is 0 Å². The minimum absolute atomic E-state index is 0.285. The molecule has 0 heterocycles. The summed E-state index contributed by atoms with van der Waals surface area (Å²) in [6, 6.07) is 0.285. The quantitative estimate of drug-likeness (QED) is 0.798. The van der Waals surface area contributed by atoms with Crippen LogP contribution in [0.5, 0.6) is 0 Å². The zero-order valence-corrected chi connectivity index (χ0v) is 11.4. The predicted molar refractivity (Wildman–Crippen MR) is 72.0 cm³/mol. The number of ether oxygens (including phenoxy) is 1. The molecule has 0 spiro atoms. The summed E-state index contributed by atoms with van der Waals surface area (Å²) in [4.78, 5) is 0. The van der Waals surface area contributed by atoms with Crippen molar-refractivity contribution >= 4 is 0 Å². The Bertz CT molecular complexity index is 219. The van der Waals surface area contributed by atoms with E-state index in [2.05, 4.69) is 6.92 Å². The largest absolute Gasteiger partial charge is 0.373 e. The van der Waals surface area contributed by atoms with E-state index < -0.39 is 0 Å². The topological polar surface area (TPSA) is 35.2 Å². The molecular formula is C15H29NO. The van der Waals surface area contributed by atoms with Crippen molar-refractivity contribution in [2.45, 2.75) is 89.4 Å². The van der Waals surface area contributed by atoms with Crippen LogP contribution in [-0.2, 0) is 4.74 Å². The van der Waals surface area contributed by atoms with E-state index in [1.165, 1.54) is 57.8 Å². The second-order valence-corrected chi connectivity index (χ2v) is 6.22. The van der Waals surface area contributed by atoms with E-state index in [0.29, 0.717) is 12.2 Å². The lowest BCUT2D eigenvalue weighted by Gasteiger charge is -2.34. The molecule has 2 fully saturated rings. The molecule has 2 heteroatoms. The standard InChI is InChI=1S/C15H29NO/c1-12-7-6-8-13(11-12)17-15-10-5-3-2-4-9-14(15)16/h12-15H,2-11,16H2,1H3. The summed E-state index contributed by atoms with van der Waals surface area (Å²) >= 11 is 0. The van der Waals surface area contributed by atoms with Gasteiger partial charge in [-0.15, -0.1) is 0 Å². The Morgan fingerprint density at radius 2 is 1.65 bits per heavy atom. The molecule has 2 rings (SSSR count). The molecule has 0 aromatic heterocycles. The van der Waals surface area contributed by atoms with E-state index in [4.69, 9.17) is 10.5 Å². The van der Waals surface area contributed by atoms with Crippen molar-refractivity contribution in [1.82, 2.24) is 0 Å². The third-order valence-electron chi connectivity index (χ3n) is 4.51. The Morgan fingerprint density at radius 3 is 2.41 bits per heavy atom. The van der Waals surface area contributed by atoms with Gasteiger partial charge in [0.1, 0.15) is 0 Å². The van der Waals surface area contributed by atoms with E-state index in [1.54, 1.807) is 0 Å². The third kappa shape index (κ3) is 4.26. The Kier molecular flexibility index (Phi) is 5.30. The molecular weight excluding hydrogens is 210 g/mol. The van der Waals surface area contributed by atoms with Crippen LogP contribution in [0.4, 0.5) is 0 Å². The lowest BCUT2D eigenvalue weighted by Crippen LogP contribution is -2.40. The van der Waals surface area contributed by atoms with Gasteiger partial charge in [0, 0.05) is 6.04 Å². The van der Waals surface area contributed by atoms with Crippen LogP contribution in [-0.4, -0.2) is 18.2 Å². The van der Waals surface area contributed by atoms with Crippen molar-refractivity contribution in [3.63, 3.8) is 0 Å². The van der Waals surface area contributed by atoms with E-state index in [0.717, 1.165) is 12.3 Å². The number of hydrogen-bond donors (Lipinski definition) is 1. The minimum atomic E-state index is 0.285. The fourth-order valence-corrected chi connectivity index (χ4v) is 3.40. The van der Waals surface area contributed by atoms with Crippen molar-refractivity contribution in [2.75, 3.05) is 0 Å². The van der Waals surface area contributed by atoms with E-state index >= 15 is 0 Å². The van der Waals surface area contributed by atoms with Gasteiger partial charge < -0.3 is 10.5 Å². The monoisotopic (exact) mass is 239 g/mol. The highest BCUT2D eigenvalue weighted by Gasteiger charge is 2.26. The van der Waals surface area contributed by atoms with Crippen molar-refractivity contribution in [3.8, 4) is 0 Å². The second-order valence-electron chi connectivity index (χ2n) is 6.22. The van der Waals surface area contributed by atoms with Crippen molar-refractivity contribution in [1.29, 1.82) is 0 Å². The Morgan fingerprint density at radius 1 is 0.882 bits per heavy atom. The molecule has 0 saturated heterocycles. The molecule has 2 aliphatic rings. The summed E-state index contributed by atoms with van der Waals surface area (Å²) < 4.78 is 6.33. The van der Waals surface area contributed by atoms with Gasteiger partial charge in [-0.05, 0) is 31.6 Å².